The molecule has 118 valence electrons. The Kier molecular flexibility index (Phi) is 4.99. The molecule has 0 radical (unpaired) electrons. The molecule has 1 unspecified atom stereocenters. The molecule has 0 aromatic heterocycles. The molecule has 4 heteroatoms. The Hall–Kier alpha value is -1.84. The number of hydrogen-bond donors (Lipinski definition) is 1. The molecule has 2 nitrogen and oxygen atoms in total. The van der Waals surface area contributed by atoms with Crippen LogP contribution in [0.5, 0.6) is 0 Å². The first-order chi connectivity index (χ1) is 11.2. The smallest absolute Gasteiger partial charge is 0.189 e. The van der Waals surface area contributed by atoms with Crippen LogP contribution in [0.25, 0.3) is 0 Å². The van der Waals surface area contributed by atoms with Gasteiger partial charge in [-0.25, -0.2) is 0 Å². The third-order valence-electron chi connectivity index (χ3n) is 3.79. The van der Waals surface area contributed by atoms with Crippen molar-refractivity contribution in [3.63, 3.8) is 0 Å². The van der Waals surface area contributed by atoms with Crippen molar-refractivity contribution in [2.45, 2.75) is 11.9 Å². The monoisotopic (exact) mass is 343 g/mol. The van der Waals surface area contributed by atoms with E-state index in [1.165, 1.54) is 5.56 Å². The van der Waals surface area contributed by atoms with E-state index in [-0.39, 0.29) is 6.10 Å². The summed E-state index contributed by atoms with van der Waals surface area (Å²) in [6.07, 6.45) is -0.281. The van der Waals surface area contributed by atoms with Crippen molar-refractivity contribution >= 4 is 23.4 Å². The van der Waals surface area contributed by atoms with Crippen molar-refractivity contribution in [1.29, 1.82) is 0 Å². The number of halogens is 1. The Morgan fingerprint density at radius 2 is 1.74 bits per heavy atom. The van der Waals surface area contributed by atoms with Crippen molar-refractivity contribution in [2.75, 3.05) is 5.75 Å². The van der Waals surface area contributed by atoms with Crippen molar-refractivity contribution < 1.29 is 4.74 Å². The van der Waals surface area contributed by atoms with E-state index in [0.29, 0.717) is 10.9 Å². The van der Waals surface area contributed by atoms with E-state index in [9.17, 15) is 0 Å². The number of nitrogens with two attached hydrogens (primary N) is 1. The molecule has 1 atom stereocenters. The van der Waals surface area contributed by atoms with Gasteiger partial charge in [0.05, 0.1) is 0 Å². The van der Waals surface area contributed by atoms with Gasteiger partial charge in [0.1, 0.15) is 0 Å². The van der Waals surface area contributed by atoms with Gasteiger partial charge in [0.25, 0.3) is 0 Å². The van der Waals surface area contributed by atoms with Crippen molar-refractivity contribution in [1.82, 2.24) is 0 Å². The Morgan fingerprint density at radius 1 is 1.04 bits per heavy atom. The molecule has 2 N–H and O–H groups in total. The maximum atomic E-state index is 6.26. The fourth-order valence-electron chi connectivity index (χ4n) is 2.53. The molecule has 1 heterocycles. The average Bonchev–Trinajstić information content (AvgIpc) is 2.84. The molecule has 0 fully saturated rings. The summed E-state index contributed by atoms with van der Waals surface area (Å²) < 4.78 is 5.82. The van der Waals surface area contributed by atoms with Crippen LogP contribution in [-0.4, -0.2) is 5.75 Å². The summed E-state index contributed by atoms with van der Waals surface area (Å²) in [5.41, 5.74) is 10.2. The molecule has 2 aromatic rings. The summed E-state index contributed by atoms with van der Waals surface area (Å²) >= 11 is 8.06. The van der Waals surface area contributed by atoms with E-state index < -0.39 is 0 Å². The maximum Gasteiger partial charge on any atom is 0.189 e. The molecular weight excluding hydrogens is 326 g/mol. The summed E-state index contributed by atoms with van der Waals surface area (Å²) in [5.74, 6) is 2.17. The zero-order valence-electron chi connectivity index (χ0n) is 12.7. The quantitative estimate of drug-likeness (QED) is 0.823. The summed E-state index contributed by atoms with van der Waals surface area (Å²) in [6, 6.07) is 18.0. The van der Waals surface area contributed by atoms with Gasteiger partial charge >= 0.3 is 0 Å². The Balaban J connectivity index is 1.65. The predicted molar refractivity (Wildman–Crippen MR) is 98.2 cm³/mol. The second-order valence-electron chi connectivity index (χ2n) is 5.37. The molecule has 3 rings (SSSR count). The number of ether oxygens (including phenoxy) is 1. The molecule has 0 amide bonds. The van der Waals surface area contributed by atoms with E-state index in [4.69, 9.17) is 22.1 Å². The van der Waals surface area contributed by atoms with Gasteiger partial charge in [-0.15, -0.1) is 0 Å². The first kappa shape index (κ1) is 16.0. The van der Waals surface area contributed by atoms with Crippen molar-refractivity contribution in [3.05, 3.63) is 94.4 Å². The minimum Gasteiger partial charge on any atom is -0.466 e. The molecule has 0 bridgehead atoms. The topological polar surface area (TPSA) is 35.2 Å². The molecule has 2 aromatic carbocycles. The van der Waals surface area contributed by atoms with Crippen LogP contribution >= 0.6 is 23.4 Å². The van der Waals surface area contributed by atoms with Crippen LogP contribution in [0.2, 0.25) is 5.02 Å². The van der Waals surface area contributed by atoms with Crippen LogP contribution < -0.4 is 5.73 Å². The van der Waals surface area contributed by atoms with Gasteiger partial charge in [-0.05, 0) is 17.2 Å². The summed E-state index contributed by atoms with van der Waals surface area (Å²) in [5, 5.41) is 0.671. The van der Waals surface area contributed by atoms with Crippen LogP contribution in [0.15, 0.2) is 78.2 Å². The highest BCUT2D eigenvalue weighted by atomic mass is 35.5. The average molecular weight is 344 g/mol. The van der Waals surface area contributed by atoms with Gasteiger partial charge in [-0.2, -0.15) is 11.8 Å². The van der Waals surface area contributed by atoms with Crippen LogP contribution in [-0.2, 0) is 10.5 Å². The minimum absolute atomic E-state index is 0.281. The molecule has 23 heavy (non-hydrogen) atoms. The third kappa shape index (κ3) is 3.57. The van der Waals surface area contributed by atoms with Gasteiger partial charge in [0.2, 0.25) is 0 Å². The fourth-order valence-corrected chi connectivity index (χ4v) is 3.83. The number of benzene rings is 2. The summed E-state index contributed by atoms with van der Waals surface area (Å²) in [6.45, 7) is 4.18. The molecule has 1 aliphatic heterocycles. The predicted octanol–water partition coefficient (Wildman–Crippen LogP) is 5.07. The Bertz CT molecular complexity index is 742. The normalized spacial score (nSPS) is 17.4. The molecular formula is C19H18ClNOS. The van der Waals surface area contributed by atoms with Gasteiger partial charge in [-0.3, -0.25) is 0 Å². The highest BCUT2D eigenvalue weighted by Gasteiger charge is 2.30. The lowest BCUT2D eigenvalue weighted by Gasteiger charge is -2.14. The molecule has 0 aliphatic carbocycles. The fraction of sp³-hybridized carbons (Fsp3) is 0.158. The standard InChI is InChI=1S/C19H18ClNOS/c1-13-16(12-23-11-14-7-3-2-4-8-14)19(21)22-18(13)15-9-5-6-10-17(15)20/h2-10,18H,1,11-12,21H2. The lowest BCUT2D eigenvalue weighted by atomic mass is 10.00. The molecule has 0 spiro atoms. The zero-order valence-corrected chi connectivity index (χ0v) is 14.2. The van der Waals surface area contributed by atoms with Crippen LogP contribution in [0.4, 0.5) is 0 Å². The van der Waals surface area contributed by atoms with Crippen molar-refractivity contribution in [2.24, 2.45) is 5.73 Å². The number of thioether (sulfide) groups is 1. The lowest BCUT2D eigenvalue weighted by Crippen LogP contribution is -2.03. The lowest BCUT2D eigenvalue weighted by molar-refractivity contribution is 0.167. The first-order valence-corrected chi connectivity index (χ1v) is 8.90. The Labute approximate surface area is 146 Å². The van der Waals surface area contributed by atoms with Gasteiger partial charge in [-0.1, -0.05) is 66.7 Å². The molecule has 1 aliphatic rings. The number of hydrogen-bond acceptors (Lipinski definition) is 3. The molecule has 0 saturated heterocycles. The van der Waals surface area contributed by atoms with Crippen LogP contribution in [0.3, 0.4) is 0 Å². The zero-order chi connectivity index (χ0) is 16.2. The Morgan fingerprint density at radius 3 is 2.48 bits per heavy atom. The minimum atomic E-state index is -0.281. The van der Waals surface area contributed by atoms with Crippen LogP contribution in [0, 0.1) is 0 Å². The van der Waals surface area contributed by atoms with Crippen molar-refractivity contribution in [3.8, 4) is 0 Å². The van der Waals surface area contributed by atoms with E-state index in [1.807, 2.05) is 30.3 Å². The summed E-state index contributed by atoms with van der Waals surface area (Å²) in [7, 11) is 0. The second-order valence-corrected chi connectivity index (χ2v) is 6.76. The van der Waals surface area contributed by atoms with E-state index >= 15 is 0 Å². The van der Waals surface area contributed by atoms with E-state index in [1.54, 1.807) is 11.8 Å². The maximum absolute atomic E-state index is 6.26. The van der Waals surface area contributed by atoms with Gasteiger partial charge < -0.3 is 10.5 Å². The van der Waals surface area contributed by atoms with Gasteiger partial charge in [0, 0.05) is 27.7 Å². The summed E-state index contributed by atoms with van der Waals surface area (Å²) in [4.78, 5) is 0. The third-order valence-corrected chi connectivity index (χ3v) is 5.17. The van der Waals surface area contributed by atoms with E-state index in [2.05, 4.69) is 30.8 Å². The number of rotatable bonds is 5. The van der Waals surface area contributed by atoms with E-state index in [0.717, 1.165) is 28.2 Å². The highest BCUT2D eigenvalue weighted by Crippen LogP contribution is 2.41. The molecule has 0 saturated carbocycles. The second kappa shape index (κ2) is 7.16. The first-order valence-electron chi connectivity index (χ1n) is 7.37. The highest BCUT2D eigenvalue weighted by molar-refractivity contribution is 7.98. The SMILES string of the molecule is C=C1C(CSCc2ccccc2)=C(N)OC1c1ccccc1Cl. The van der Waals surface area contributed by atoms with Crippen LogP contribution in [0.1, 0.15) is 17.2 Å². The largest absolute Gasteiger partial charge is 0.466 e. The van der Waals surface area contributed by atoms with Gasteiger partial charge in [0.15, 0.2) is 12.0 Å².